The molecule has 0 aliphatic heterocycles. The second-order valence-electron chi connectivity index (χ2n) is 8.16. The third-order valence-electron chi connectivity index (χ3n) is 5.04. The number of hydrogen-bond acceptors (Lipinski definition) is 3. The highest BCUT2D eigenvalue weighted by Crippen LogP contribution is 2.47. The zero-order valence-corrected chi connectivity index (χ0v) is 20.4. The molecule has 2 aromatic carbocycles. The van der Waals surface area contributed by atoms with E-state index in [9.17, 15) is 43.9 Å². The van der Waals surface area contributed by atoms with Crippen molar-refractivity contribution < 1.29 is 53.4 Å². The van der Waals surface area contributed by atoms with Crippen molar-refractivity contribution in [2.75, 3.05) is 13.2 Å². The van der Waals surface area contributed by atoms with Gasteiger partial charge in [-0.1, -0.05) is 36.0 Å². The minimum Gasteiger partial charge on any atom is -0.372 e. The molecular formula is C24H24F10O2S. The lowest BCUT2D eigenvalue weighted by Crippen LogP contribution is -2.19. The monoisotopic (exact) mass is 566 g/mol. The maximum Gasteiger partial charge on any atom is 0.417 e. The molecule has 13 heteroatoms. The van der Waals surface area contributed by atoms with E-state index in [2.05, 4.69) is 0 Å². The Hall–Kier alpha value is -1.99. The topological polar surface area (TPSA) is 18.5 Å². The average Bonchev–Trinajstić information content (AvgIpc) is 2.77. The van der Waals surface area contributed by atoms with E-state index in [4.69, 9.17) is 9.47 Å². The van der Waals surface area contributed by atoms with Gasteiger partial charge in [-0.3, -0.25) is 0 Å². The molecule has 2 atom stereocenters. The summed E-state index contributed by atoms with van der Waals surface area (Å²) in [6.45, 7) is 0.794. The van der Waals surface area contributed by atoms with Crippen LogP contribution in [0.15, 0.2) is 46.2 Å². The first-order valence-corrected chi connectivity index (χ1v) is 11.8. The molecule has 0 heterocycles. The van der Waals surface area contributed by atoms with Crippen molar-refractivity contribution in [2.24, 2.45) is 0 Å². The lowest BCUT2D eigenvalue weighted by atomic mass is 10.0. The van der Waals surface area contributed by atoms with E-state index in [1.165, 1.54) is 26.0 Å². The normalized spacial score (nSPS) is 14.4. The summed E-state index contributed by atoms with van der Waals surface area (Å²) in [5.74, 6) is 0. The van der Waals surface area contributed by atoms with Crippen LogP contribution in [0.25, 0.3) is 0 Å². The first kappa shape index (κ1) is 31.2. The van der Waals surface area contributed by atoms with E-state index in [0.29, 0.717) is 12.1 Å². The molecule has 0 fully saturated rings. The van der Waals surface area contributed by atoms with Gasteiger partial charge in [0.15, 0.2) is 0 Å². The molecule has 2 aromatic rings. The van der Waals surface area contributed by atoms with E-state index in [0.717, 1.165) is 12.1 Å². The van der Waals surface area contributed by atoms with Crippen LogP contribution in [0.3, 0.4) is 0 Å². The smallest absolute Gasteiger partial charge is 0.372 e. The van der Waals surface area contributed by atoms with Gasteiger partial charge in [-0.15, -0.1) is 0 Å². The Bertz CT molecular complexity index is 928. The summed E-state index contributed by atoms with van der Waals surface area (Å²) in [4.78, 5) is -1.08. The van der Waals surface area contributed by atoms with E-state index < -0.39 is 71.5 Å². The van der Waals surface area contributed by atoms with Gasteiger partial charge in [0.2, 0.25) is 0 Å². The van der Waals surface area contributed by atoms with Crippen LogP contribution in [0.4, 0.5) is 43.9 Å². The quantitative estimate of drug-likeness (QED) is 0.241. The van der Waals surface area contributed by atoms with Crippen LogP contribution in [0.1, 0.15) is 36.1 Å². The number of alkyl halides is 10. The van der Waals surface area contributed by atoms with Crippen LogP contribution in [-0.4, -0.2) is 38.3 Å². The molecule has 0 aliphatic carbocycles. The average molecular weight is 567 g/mol. The van der Waals surface area contributed by atoms with Gasteiger partial charge in [0.1, 0.15) is 13.2 Å². The number of benzene rings is 2. The minimum atomic E-state index is -4.94. The van der Waals surface area contributed by atoms with Crippen molar-refractivity contribution in [1.29, 1.82) is 0 Å². The van der Waals surface area contributed by atoms with E-state index in [-0.39, 0.29) is 35.7 Å². The molecule has 37 heavy (non-hydrogen) atoms. The Kier molecular flexibility index (Phi) is 11.1. The standard InChI is InChI=1S/C24H24F10O2S/c1-13(35-11-19(25)26)9-15-5-3-7-17(23(29,30)31)21(15)37-22-16(10-14(2)36-12-20(27)28)6-4-8-18(22)24(32,33)34/h3-8,13-14,19-20H,9-12H2,1-2H3. The van der Waals surface area contributed by atoms with Crippen LogP contribution in [0.2, 0.25) is 0 Å². The second kappa shape index (κ2) is 13.2. The first-order chi connectivity index (χ1) is 17.1. The van der Waals surface area contributed by atoms with Crippen LogP contribution in [-0.2, 0) is 34.7 Å². The van der Waals surface area contributed by atoms with Gasteiger partial charge in [-0.2, -0.15) is 26.3 Å². The van der Waals surface area contributed by atoms with Gasteiger partial charge in [0.25, 0.3) is 12.9 Å². The molecule has 2 rings (SSSR count). The molecule has 0 radical (unpaired) electrons. The first-order valence-electron chi connectivity index (χ1n) is 10.9. The van der Waals surface area contributed by atoms with Crippen molar-refractivity contribution in [1.82, 2.24) is 0 Å². The Morgan fingerprint density at radius 1 is 0.649 bits per heavy atom. The molecule has 0 bridgehead atoms. The summed E-state index contributed by atoms with van der Waals surface area (Å²) >= 11 is 0.233. The zero-order valence-electron chi connectivity index (χ0n) is 19.6. The maximum absolute atomic E-state index is 13.9. The molecule has 2 unspecified atom stereocenters. The predicted molar refractivity (Wildman–Crippen MR) is 117 cm³/mol. The lowest BCUT2D eigenvalue weighted by molar-refractivity contribution is -0.140. The molecular weight excluding hydrogens is 542 g/mol. The fourth-order valence-corrected chi connectivity index (χ4v) is 4.85. The SMILES string of the molecule is CC(Cc1cccc(C(F)(F)F)c1Sc1c(CC(C)OCC(F)F)cccc1C(F)(F)F)OCC(F)F. The lowest BCUT2D eigenvalue weighted by Gasteiger charge is -2.23. The fraction of sp³-hybridized carbons (Fsp3) is 0.500. The van der Waals surface area contributed by atoms with Crippen molar-refractivity contribution in [2.45, 2.75) is 73.9 Å². The van der Waals surface area contributed by atoms with E-state index >= 15 is 0 Å². The van der Waals surface area contributed by atoms with Crippen LogP contribution in [0, 0.1) is 0 Å². The third kappa shape index (κ3) is 9.68. The molecule has 0 saturated carbocycles. The molecule has 208 valence electrons. The van der Waals surface area contributed by atoms with Gasteiger partial charge >= 0.3 is 12.4 Å². The minimum absolute atomic E-state index is 0.0495. The summed E-state index contributed by atoms with van der Waals surface area (Å²) in [6.07, 6.45) is -18.0. The van der Waals surface area contributed by atoms with Crippen LogP contribution < -0.4 is 0 Å². The molecule has 0 saturated heterocycles. The van der Waals surface area contributed by atoms with Gasteiger partial charge in [-0.05, 0) is 49.9 Å². The number of ether oxygens (including phenoxy) is 2. The highest BCUT2D eigenvalue weighted by atomic mass is 32.2. The van der Waals surface area contributed by atoms with Crippen molar-refractivity contribution >= 4 is 11.8 Å². The highest BCUT2D eigenvalue weighted by molar-refractivity contribution is 7.99. The molecule has 0 aliphatic rings. The zero-order chi connectivity index (χ0) is 28.0. The molecule has 2 nitrogen and oxygen atoms in total. The van der Waals surface area contributed by atoms with Gasteiger partial charge < -0.3 is 9.47 Å². The van der Waals surface area contributed by atoms with Gasteiger partial charge in [0, 0.05) is 9.79 Å². The molecule has 0 amide bonds. The number of rotatable bonds is 12. The summed E-state index contributed by atoms with van der Waals surface area (Å²) in [5.41, 5.74) is -2.51. The van der Waals surface area contributed by atoms with Crippen molar-refractivity contribution in [3.05, 3.63) is 58.7 Å². The highest BCUT2D eigenvalue weighted by Gasteiger charge is 2.38. The fourth-order valence-electron chi connectivity index (χ4n) is 3.49. The summed E-state index contributed by atoms with van der Waals surface area (Å²) in [7, 11) is 0. The Morgan fingerprint density at radius 3 is 1.30 bits per heavy atom. The predicted octanol–water partition coefficient (Wildman–Crippen LogP) is 8.30. The number of halogens is 10. The van der Waals surface area contributed by atoms with E-state index in [1.807, 2.05) is 0 Å². The van der Waals surface area contributed by atoms with Crippen LogP contribution in [0.5, 0.6) is 0 Å². The number of hydrogen-bond donors (Lipinski definition) is 0. The van der Waals surface area contributed by atoms with Crippen molar-refractivity contribution in [3.8, 4) is 0 Å². The molecule has 0 spiro atoms. The second-order valence-corrected chi connectivity index (χ2v) is 9.18. The third-order valence-corrected chi connectivity index (χ3v) is 6.41. The summed E-state index contributed by atoms with van der Waals surface area (Å²) < 4.78 is 143. The Balaban J connectivity index is 2.58. The molecule has 0 aromatic heterocycles. The van der Waals surface area contributed by atoms with Gasteiger partial charge in [0.05, 0.1) is 23.3 Å². The Labute approximate surface area is 211 Å². The summed E-state index contributed by atoms with van der Waals surface area (Å²) in [6, 6.07) is 6.06. The summed E-state index contributed by atoms with van der Waals surface area (Å²) in [5, 5.41) is 0. The largest absolute Gasteiger partial charge is 0.417 e. The Morgan fingerprint density at radius 2 is 1.00 bits per heavy atom. The maximum atomic E-state index is 13.9. The van der Waals surface area contributed by atoms with Gasteiger partial charge in [-0.25, -0.2) is 17.6 Å². The van der Waals surface area contributed by atoms with Crippen LogP contribution >= 0.6 is 11.8 Å². The van der Waals surface area contributed by atoms with Crippen molar-refractivity contribution in [3.63, 3.8) is 0 Å². The molecule has 0 N–H and O–H groups in total. The van der Waals surface area contributed by atoms with E-state index in [1.54, 1.807) is 0 Å².